The van der Waals surface area contributed by atoms with E-state index in [4.69, 9.17) is 0 Å². The minimum atomic E-state index is -0.469. The highest BCUT2D eigenvalue weighted by Crippen LogP contribution is 2.07. The van der Waals surface area contributed by atoms with Crippen LogP contribution in [0.15, 0.2) is 35.1 Å². The lowest BCUT2D eigenvalue weighted by Gasteiger charge is -2.01. The summed E-state index contributed by atoms with van der Waals surface area (Å²) in [6.07, 6.45) is 2.70. The monoisotopic (exact) mass is 272 g/mol. The Hall–Kier alpha value is -2.56. The van der Waals surface area contributed by atoms with Crippen molar-refractivity contribution >= 4 is 11.9 Å². The van der Waals surface area contributed by atoms with Gasteiger partial charge in [0.2, 0.25) is 0 Å². The Morgan fingerprint density at radius 3 is 2.75 bits per heavy atom. The molecule has 0 bridgehead atoms. The molecule has 102 valence electrons. The largest absolute Gasteiger partial charge is 0.310 e. The Labute approximate surface area is 115 Å². The average molecular weight is 272 g/mol. The molecule has 4 nitrogen and oxygen atoms in total. The number of aromatic amines is 1. The van der Waals surface area contributed by atoms with E-state index < -0.39 is 11.3 Å². The summed E-state index contributed by atoms with van der Waals surface area (Å²) >= 11 is 0. The Balaban J connectivity index is 2.32. The molecule has 0 aliphatic carbocycles. The van der Waals surface area contributed by atoms with Crippen LogP contribution in [0.5, 0.6) is 0 Å². The Morgan fingerprint density at radius 1 is 1.35 bits per heavy atom. The predicted molar refractivity (Wildman–Crippen MR) is 74.1 cm³/mol. The number of allylic oxidation sites excluding steroid dienone is 1. The fourth-order valence-electron chi connectivity index (χ4n) is 1.88. The molecule has 0 saturated heterocycles. The highest BCUT2D eigenvalue weighted by atomic mass is 19.1. The summed E-state index contributed by atoms with van der Waals surface area (Å²) in [5.74, 6) is -0.385. The van der Waals surface area contributed by atoms with Crippen molar-refractivity contribution in [3.05, 3.63) is 69.2 Å². The highest BCUT2D eigenvalue weighted by Gasteiger charge is 2.12. The number of ketones is 1. The fraction of sp³-hybridized carbons (Fsp3) is 0.133. The van der Waals surface area contributed by atoms with Gasteiger partial charge in [0.15, 0.2) is 5.78 Å². The first kappa shape index (κ1) is 13.9. The van der Waals surface area contributed by atoms with Gasteiger partial charge in [-0.3, -0.25) is 9.59 Å². The summed E-state index contributed by atoms with van der Waals surface area (Å²) in [5.41, 5.74) is 0.458. The molecule has 5 heteroatoms. The van der Waals surface area contributed by atoms with Crippen LogP contribution in [0.25, 0.3) is 6.08 Å². The molecule has 0 unspecified atom stereocenters. The zero-order chi connectivity index (χ0) is 14.7. The van der Waals surface area contributed by atoms with Crippen LogP contribution in [-0.2, 0) is 0 Å². The molecule has 2 rings (SSSR count). The van der Waals surface area contributed by atoms with Crippen molar-refractivity contribution in [3.8, 4) is 0 Å². The van der Waals surface area contributed by atoms with Gasteiger partial charge in [-0.05, 0) is 37.6 Å². The molecular formula is C15H13FN2O2. The normalized spacial score (nSPS) is 10.9. The van der Waals surface area contributed by atoms with Gasteiger partial charge < -0.3 is 4.98 Å². The maximum Gasteiger partial charge on any atom is 0.262 e. The van der Waals surface area contributed by atoms with E-state index in [9.17, 15) is 14.0 Å². The third-order valence-electron chi connectivity index (χ3n) is 2.74. The van der Waals surface area contributed by atoms with E-state index in [1.165, 1.54) is 24.3 Å². The number of H-pyrrole nitrogens is 1. The first-order valence-electron chi connectivity index (χ1n) is 6.03. The van der Waals surface area contributed by atoms with Crippen LogP contribution in [0, 0.1) is 19.7 Å². The second kappa shape index (κ2) is 5.61. The third-order valence-corrected chi connectivity index (χ3v) is 2.74. The zero-order valence-electron chi connectivity index (χ0n) is 11.1. The van der Waals surface area contributed by atoms with Crippen molar-refractivity contribution in [2.24, 2.45) is 0 Å². The van der Waals surface area contributed by atoms with E-state index in [1.54, 1.807) is 26.0 Å². The van der Waals surface area contributed by atoms with Crippen molar-refractivity contribution in [2.75, 3.05) is 0 Å². The average Bonchev–Trinajstić information content (AvgIpc) is 2.35. The molecule has 1 N–H and O–H groups in total. The van der Waals surface area contributed by atoms with Gasteiger partial charge in [-0.15, -0.1) is 0 Å². The van der Waals surface area contributed by atoms with Crippen LogP contribution in [0.4, 0.5) is 4.39 Å². The van der Waals surface area contributed by atoms with Gasteiger partial charge in [-0.2, -0.15) is 0 Å². The lowest BCUT2D eigenvalue weighted by atomic mass is 10.1. The minimum Gasteiger partial charge on any atom is -0.310 e. The number of rotatable bonds is 3. The van der Waals surface area contributed by atoms with Gasteiger partial charge in [0.25, 0.3) is 5.56 Å². The summed E-state index contributed by atoms with van der Waals surface area (Å²) in [4.78, 5) is 30.3. The van der Waals surface area contributed by atoms with Crippen LogP contribution in [0.3, 0.4) is 0 Å². The number of aryl methyl sites for hydroxylation is 2. The van der Waals surface area contributed by atoms with E-state index in [0.29, 0.717) is 17.1 Å². The van der Waals surface area contributed by atoms with Crippen molar-refractivity contribution < 1.29 is 9.18 Å². The van der Waals surface area contributed by atoms with E-state index >= 15 is 0 Å². The number of hydrogen-bond acceptors (Lipinski definition) is 3. The van der Waals surface area contributed by atoms with E-state index in [2.05, 4.69) is 9.97 Å². The van der Waals surface area contributed by atoms with E-state index in [0.717, 1.165) is 0 Å². The molecule has 1 heterocycles. The van der Waals surface area contributed by atoms with Gasteiger partial charge in [0, 0.05) is 0 Å². The van der Waals surface area contributed by atoms with Crippen LogP contribution in [-0.4, -0.2) is 15.8 Å². The summed E-state index contributed by atoms with van der Waals surface area (Å²) in [6.45, 7) is 3.25. The van der Waals surface area contributed by atoms with Gasteiger partial charge >= 0.3 is 0 Å². The lowest BCUT2D eigenvalue weighted by Crippen LogP contribution is -2.21. The molecule has 2 aromatic rings. The smallest absolute Gasteiger partial charge is 0.262 e. The van der Waals surface area contributed by atoms with Gasteiger partial charge in [0.05, 0.1) is 5.69 Å². The number of carbonyl (C=O) groups excluding carboxylic acids is 1. The van der Waals surface area contributed by atoms with Crippen molar-refractivity contribution in [2.45, 2.75) is 13.8 Å². The van der Waals surface area contributed by atoms with Gasteiger partial charge in [-0.1, -0.05) is 18.2 Å². The summed E-state index contributed by atoms with van der Waals surface area (Å²) in [7, 11) is 0. The number of carbonyl (C=O) groups is 1. The van der Waals surface area contributed by atoms with E-state index in [1.807, 2.05) is 0 Å². The molecule has 0 spiro atoms. The zero-order valence-corrected chi connectivity index (χ0v) is 11.1. The standard InChI is InChI=1S/C15H13FN2O2/c1-9-14(15(20)18-10(2)17-9)13(19)7-6-11-4-3-5-12(16)8-11/h3-8H,1-2H3,(H,17,18,20)/b7-6+. The number of hydrogen-bond donors (Lipinski definition) is 1. The summed E-state index contributed by atoms with van der Waals surface area (Å²) < 4.78 is 13.0. The Bertz CT molecular complexity index is 748. The quantitative estimate of drug-likeness (QED) is 0.689. The van der Waals surface area contributed by atoms with Crippen molar-refractivity contribution in [1.29, 1.82) is 0 Å². The first-order chi connectivity index (χ1) is 9.47. The molecule has 0 amide bonds. The first-order valence-corrected chi connectivity index (χ1v) is 6.03. The number of halogens is 1. The third kappa shape index (κ3) is 3.06. The van der Waals surface area contributed by atoms with Crippen LogP contribution < -0.4 is 5.56 Å². The van der Waals surface area contributed by atoms with Crippen molar-refractivity contribution in [1.82, 2.24) is 9.97 Å². The topological polar surface area (TPSA) is 62.8 Å². The molecule has 0 radical (unpaired) electrons. The number of aromatic nitrogens is 2. The molecule has 20 heavy (non-hydrogen) atoms. The molecular weight excluding hydrogens is 259 g/mol. The lowest BCUT2D eigenvalue weighted by molar-refractivity contribution is 0.104. The maximum absolute atomic E-state index is 13.0. The molecule has 0 atom stereocenters. The predicted octanol–water partition coefficient (Wildman–Crippen LogP) is 2.42. The molecule has 0 aliphatic rings. The molecule has 0 saturated carbocycles. The molecule has 1 aromatic heterocycles. The summed E-state index contributed by atoms with van der Waals surface area (Å²) in [6, 6.07) is 5.83. The van der Waals surface area contributed by atoms with Crippen LogP contribution in [0.2, 0.25) is 0 Å². The Morgan fingerprint density at radius 2 is 2.10 bits per heavy atom. The second-order valence-electron chi connectivity index (χ2n) is 4.36. The van der Waals surface area contributed by atoms with Crippen molar-refractivity contribution in [3.63, 3.8) is 0 Å². The maximum atomic E-state index is 13.0. The fourth-order valence-corrected chi connectivity index (χ4v) is 1.88. The van der Waals surface area contributed by atoms with Gasteiger partial charge in [-0.25, -0.2) is 9.37 Å². The second-order valence-corrected chi connectivity index (χ2v) is 4.36. The van der Waals surface area contributed by atoms with Crippen LogP contribution in [0.1, 0.15) is 27.4 Å². The van der Waals surface area contributed by atoms with E-state index in [-0.39, 0.29) is 11.4 Å². The van der Waals surface area contributed by atoms with Gasteiger partial charge in [0.1, 0.15) is 17.2 Å². The number of nitrogens with one attached hydrogen (secondary N) is 1. The molecule has 0 fully saturated rings. The number of benzene rings is 1. The van der Waals surface area contributed by atoms with Crippen LogP contribution >= 0.6 is 0 Å². The summed E-state index contributed by atoms with van der Waals surface area (Å²) in [5, 5.41) is 0. The minimum absolute atomic E-state index is 0.00301. The Kier molecular flexibility index (Phi) is 3.89. The molecule has 1 aromatic carbocycles. The highest BCUT2D eigenvalue weighted by molar-refractivity contribution is 6.07. The molecule has 0 aliphatic heterocycles. The SMILES string of the molecule is Cc1nc(C)c(C(=O)/C=C/c2cccc(F)c2)c(=O)[nH]1. The number of nitrogens with zero attached hydrogens (tertiary/aromatic N) is 1.